The normalized spacial score (nSPS) is 10.1. The van der Waals surface area contributed by atoms with Crippen molar-refractivity contribution in [3.63, 3.8) is 0 Å². The Labute approximate surface area is 122 Å². The number of hydrogen-bond acceptors (Lipinski definition) is 4. The van der Waals surface area contributed by atoms with Crippen molar-refractivity contribution in [2.45, 2.75) is 0 Å². The highest BCUT2D eigenvalue weighted by molar-refractivity contribution is 6.33. The maximum Gasteiger partial charge on any atom is 0.337 e. The maximum atomic E-state index is 11.9. The van der Waals surface area contributed by atoms with Crippen molar-refractivity contribution in [1.29, 1.82) is 0 Å². The van der Waals surface area contributed by atoms with Crippen molar-refractivity contribution in [1.82, 2.24) is 4.98 Å². The van der Waals surface area contributed by atoms with Crippen LogP contribution in [0.25, 0.3) is 0 Å². The van der Waals surface area contributed by atoms with Crippen molar-refractivity contribution in [3.05, 3.63) is 56.8 Å². The highest BCUT2D eigenvalue weighted by atomic mass is 35.5. The number of carbonyl (C=O) groups is 2. The van der Waals surface area contributed by atoms with Gasteiger partial charge in [0.2, 0.25) is 0 Å². The van der Waals surface area contributed by atoms with Gasteiger partial charge in [-0.15, -0.1) is 0 Å². The summed E-state index contributed by atoms with van der Waals surface area (Å²) in [5, 5.41) is 20.5. The Kier molecular flexibility index (Phi) is 3.95. The number of aromatic amines is 1. The molecule has 0 saturated heterocycles. The van der Waals surface area contributed by atoms with Crippen LogP contribution >= 0.6 is 11.6 Å². The fourth-order valence-electron chi connectivity index (χ4n) is 1.63. The fourth-order valence-corrected chi connectivity index (χ4v) is 1.89. The van der Waals surface area contributed by atoms with Crippen LogP contribution in [0.15, 0.2) is 35.1 Å². The second-order valence-electron chi connectivity index (χ2n) is 4.07. The number of anilines is 1. The molecule has 1 heterocycles. The molecular formula is C13H9ClN2O5. The Bertz CT molecular complexity index is 784. The molecule has 8 heteroatoms. The van der Waals surface area contributed by atoms with Gasteiger partial charge in [-0.2, -0.15) is 0 Å². The molecule has 21 heavy (non-hydrogen) atoms. The molecule has 7 nitrogen and oxygen atoms in total. The number of benzene rings is 1. The van der Waals surface area contributed by atoms with Gasteiger partial charge in [0.15, 0.2) is 5.88 Å². The number of carboxylic acid groups (broad SMARTS) is 1. The summed E-state index contributed by atoms with van der Waals surface area (Å²) >= 11 is 5.78. The van der Waals surface area contributed by atoms with E-state index in [0.717, 1.165) is 12.1 Å². The molecule has 0 unspecified atom stereocenters. The Morgan fingerprint density at radius 2 is 1.90 bits per heavy atom. The molecule has 1 aromatic heterocycles. The minimum atomic E-state index is -1.18. The minimum absolute atomic E-state index is 0.0333. The Balaban J connectivity index is 2.25. The lowest BCUT2D eigenvalue weighted by Crippen LogP contribution is -2.16. The van der Waals surface area contributed by atoms with Crippen LogP contribution in [0.4, 0.5) is 5.69 Å². The van der Waals surface area contributed by atoms with Crippen molar-refractivity contribution >= 4 is 29.2 Å². The van der Waals surface area contributed by atoms with Gasteiger partial charge >= 0.3 is 5.97 Å². The zero-order valence-corrected chi connectivity index (χ0v) is 11.1. The molecule has 108 valence electrons. The van der Waals surface area contributed by atoms with E-state index in [9.17, 15) is 19.5 Å². The number of halogens is 1. The van der Waals surface area contributed by atoms with E-state index < -0.39 is 23.3 Å². The van der Waals surface area contributed by atoms with Crippen LogP contribution in [0.5, 0.6) is 5.88 Å². The predicted molar refractivity (Wildman–Crippen MR) is 75.1 cm³/mol. The first kappa shape index (κ1) is 14.6. The molecule has 0 atom stereocenters. The highest BCUT2D eigenvalue weighted by Gasteiger charge is 2.12. The van der Waals surface area contributed by atoms with Crippen LogP contribution < -0.4 is 10.9 Å². The summed E-state index contributed by atoms with van der Waals surface area (Å²) in [7, 11) is 0. The lowest BCUT2D eigenvalue weighted by molar-refractivity contribution is 0.0697. The number of pyridine rings is 1. The first-order valence-electron chi connectivity index (χ1n) is 5.64. The van der Waals surface area contributed by atoms with Crippen molar-refractivity contribution in [3.8, 4) is 5.88 Å². The van der Waals surface area contributed by atoms with Crippen LogP contribution in [-0.4, -0.2) is 27.1 Å². The third-order valence-electron chi connectivity index (χ3n) is 2.55. The third kappa shape index (κ3) is 3.40. The molecular weight excluding hydrogens is 300 g/mol. The number of aromatic carboxylic acids is 1. The SMILES string of the molecule is O=C(Nc1ccc(C(=O)O)c(Cl)c1)c1cc(O)[nH]c(=O)c1. The summed E-state index contributed by atoms with van der Waals surface area (Å²) in [6.07, 6.45) is 0. The Morgan fingerprint density at radius 1 is 1.19 bits per heavy atom. The first-order chi connectivity index (χ1) is 9.86. The van der Waals surface area contributed by atoms with Crippen molar-refractivity contribution in [2.75, 3.05) is 5.32 Å². The third-order valence-corrected chi connectivity index (χ3v) is 2.86. The second kappa shape index (κ2) is 5.68. The van der Waals surface area contributed by atoms with E-state index >= 15 is 0 Å². The number of amides is 1. The van der Waals surface area contributed by atoms with Gasteiger partial charge in [0.25, 0.3) is 11.5 Å². The highest BCUT2D eigenvalue weighted by Crippen LogP contribution is 2.21. The molecule has 0 saturated carbocycles. The number of H-pyrrole nitrogens is 1. The maximum absolute atomic E-state index is 11.9. The van der Waals surface area contributed by atoms with Crippen LogP contribution in [0, 0.1) is 0 Å². The number of aromatic nitrogens is 1. The van der Waals surface area contributed by atoms with Gasteiger partial charge in [0, 0.05) is 17.8 Å². The van der Waals surface area contributed by atoms with Gasteiger partial charge in [-0.25, -0.2) is 4.79 Å². The predicted octanol–water partition coefficient (Wildman–Crippen LogP) is 1.68. The van der Waals surface area contributed by atoms with E-state index in [-0.39, 0.29) is 21.8 Å². The van der Waals surface area contributed by atoms with Gasteiger partial charge in [-0.1, -0.05) is 11.6 Å². The Hall–Kier alpha value is -2.80. The molecule has 1 amide bonds. The molecule has 0 aliphatic heterocycles. The van der Waals surface area contributed by atoms with Gasteiger partial charge in [0.1, 0.15) is 0 Å². The summed E-state index contributed by atoms with van der Waals surface area (Å²) in [6, 6.07) is 5.98. The standard InChI is InChI=1S/C13H9ClN2O5/c14-9-5-7(1-2-8(9)13(20)21)15-12(19)6-3-10(17)16-11(18)4-6/h1-5H,(H,15,19)(H,20,21)(H2,16,17,18). The van der Waals surface area contributed by atoms with Gasteiger partial charge in [0.05, 0.1) is 16.1 Å². The lowest BCUT2D eigenvalue weighted by atomic mass is 10.2. The number of rotatable bonds is 3. The summed E-state index contributed by atoms with van der Waals surface area (Å²) in [6.45, 7) is 0. The first-order valence-corrected chi connectivity index (χ1v) is 6.02. The molecule has 4 N–H and O–H groups in total. The van der Waals surface area contributed by atoms with E-state index in [0.29, 0.717) is 0 Å². The summed E-state index contributed by atoms with van der Waals surface area (Å²) < 4.78 is 0. The van der Waals surface area contributed by atoms with E-state index in [1.54, 1.807) is 0 Å². The molecule has 1 aromatic carbocycles. The molecule has 0 fully saturated rings. The number of carboxylic acids is 1. The molecule has 0 aliphatic carbocycles. The summed E-state index contributed by atoms with van der Waals surface area (Å²) in [5.41, 5.74) is -0.507. The van der Waals surface area contributed by atoms with Crippen LogP contribution in [0.2, 0.25) is 5.02 Å². The number of nitrogens with one attached hydrogen (secondary N) is 2. The molecule has 2 rings (SSSR count). The summed E-state index contributed by atoms with van der Waals surface area (Å²) in [4.78, 5) is 36.0. The van der Waals surface area contributed by atoms with Crippen LogP contribution in [0.3, 0.4) is 0 Å². The largest absolute Gasteiger partial charge is 0.494 e. The van der Waals surface area contributed by atoms with E-state index in [1.165, 1.54) is 18.2 Å². The molecule has 2 aromatic rings. The second-order valence-corrected chi connectivity index (χ2v) is 4.48. The van der Waals surface area contributed by atoms with Gasteiger partial charge < -0.3 is 15.5 Å². The fraction of sp³-hybridized carbons (Fsp3) is 0. The van der Waals surface area contributed by atoms with Gasteiger partial charge in [-0.05, 0) is 18.2 Å². The minimum Gasteiger partial charge on any atom is -0.494 e. The molecule has 0 spiro atoms. The zero-order chi connectivity index (χ0) is 15.6. The average Bonchev–Trinajstić information content (AvgIpc) is 2.37. The lowest BCUT2D eigenvalue weighted by Gasteiger charge is -2.07. The topological polar surface area (TPSA) is 119 Å². The number of aromatic hydroxyl groups is 1. The Morgan fingerprint density at radius 3 is 2.48 bits per heavy atom. The molecule has 0 bridgehead atoms. The summed E-state index contributed by atoms with van der Waals surface area (Å²) in [5.74, 6) is -2.26. The van der Waals surface area contributed by atoms with Crippen molar-refractivity contribution in [2.24, 2.45) is 0 Å². The van der Waals surface area contributed by atoms with E-state index in [2.05, 4.69) is 10.3 Å². The van der Waals surface area contributed by atoms with Gasteiger partial charge in [-0.3, -0.25) is 14.6 Å². The monoisotopic (exact) mass is 308 g/mol. The molecule has 0 radical (unpaired) electrons. The smallest absolute Gasteiger partial charge is 0.337 e. The average molecular weight is 309 g/mol. The number of hydrogen-bond donors (Lipinski definition) is 4. The van der Waals surface area contributed by atoms with Crippen molar-refractivity contribution < 1.29 is 19.8 Å². The van der Waals surface area contributed by atoms with E-state index in [4.69, 9.17) is 16.7 Å². The number of carbonyl (C=O) groups excluding carboxylic acids is 1. The quantitative estimate of drug-likeness (QED) is 0.687. The van der Waals surface area contributed by atoms with Crippen LogP contribution in [-0.2, 0) is 0 Å². The molecule has 0 aliphatic rings. The van der Waals surface area contributed by atoms with E-state index in [1.807, 2.05) is 0 Å². The van der Waals surface area contributed by atoms with Crippen LogP contribution in [0.1, 0.15) is 20.7 Å². The zero-order valence-electron chi connectivity index (χ0n) is 10.4.